The van der Waals surface area contributed by atoms with E-state index in [1.165, 1.54) is 5.56 Å². The van der Waals surface area contributed by atoms with Crippen LogP contribution in [0.2, 0.25) is 0 Å². The highest BCUT2D eigenvalue weighted by Gasteiger charge is 2.11. The van der Waals surface area contributed by atoms with Gasteiger partial charge in [0.15, 0.2) is 0 Å². The molecule has 0 aliphatic rings. The van der Waals surface area contributed by atoms with E-state index >= 15 is 0 Å². The van der Waals surface area contributed by atoms with Crippen LogP contribution in [0.4, 0.5) is 0 Å². The number of benzene rings is 1. The predicted molar refractivity (Wildman–Crippen MR) is 69.9 cm³/mol. The Morgan fingerprint density at radius 2 is 2.00 bits per heavy atom. The molecule has 1 heterocycles. The molecule has 0 aliphatic heterocycles. The van der Waals surface area contributed by atoms with Gasteiger partial charge in [-0.25, -0.2) is 0 Å². The zero-order chi connectivity index (χ0) is 11.4. The Balaban J connectivity index is 2.12. The van der Waals surface area contributed by atoms with Gasteiger partial charge in [-0.05, 0) is 24.0 Å². The molecule has 0 aliphatic carbocycles. The molecule has 0 radical (unpaired) electrons. The minimum atomic E-state index is 0.496. The monoisotopic (exact) mass is 278 g/mol. The molecule has 0 spiro atoms. The van der Waals surface area contributed by atoms with E-state index in [0.29, 0.717) is 5.92 Å². The molecule has 0 saturated carbocycles. The number of aromatic nitrogens is 2. The number of halogens is 1. The second-order valence-electron chi connectivity index (χ2n) is 3.95. The van der Waals surface area contributed by atoms with Gasteiger partial charge in [-0.3, -0.25) is 4.68 Å². The first-order chi connectivity index (χ1) is 7.79. The van der Waals surface area contributed by atoms with E-state index in [1.807, 2.05) is 17.9 Å². The Bertz CT molecular complexity index is 436. The average molecular weight is 279 g/mol. The molecule has 1 atom stereocenters. The third-order valence-electron chi connectivity index (χ3n) is 2.68. The summed E-state index contributed by atoms with van der Waals surface area (Å²) in [6, 6.07) is 12.7. The van der Waals surface area contributed by atoms with Gasteiger partial charge < -0.3 is 0 Å². The fourth-order valence-corrected chi connectivity index (χ4v) is 2.41. The Morgan fingerprint density at radius 3 is 2.56 bits per heavy atom. The maximum absolute atomic E-state index is 4.42. The predicted octanol–water partition coefficient (Wildman–Crippen LogP) is 3.14. The van der Waals surface area contributed by atoms with Crippen LogP contribution in [0.15, 0.2) is 42.6 Å². The minimum Gasteiger partial charge on any atom is -0.276 e. The zero-order valence-electron chi connectivity index (χ0n) is 9.31. The molecule has 2 rings (SSSR count). The summed E-state index contributed by atoms with van der Waals surface area (Å²) in [7, 11) is 1.95. The molecule has 1 aromatic carbocycles. The minimum absolute atomic E-state index is 0.496. The zero-order valence-corrected chi connectivity index (χ0v) is 10.9. The maximum atomic E-state index is 4.42. The molecule has 0 fully saturated rings. The van der Waals surface area contributed by atoms with Crippen molar-refractivity contribution in [3.63, 3.8) is 0 Å². The van der Waals surface area contributed by atoms with Crippen LogP contribution >= 0.6 is 15.9 Å². The molecule has 3 heteroatoms. The summed E-state index contributed by atoms with van der Waals surface area (Å²) < 4.78 is 1.85. The Kier molecular flexibility index (Phi) is 3.78. The van der Waals surface area contributed by atoms with Gasteiger partial charge in [0.05, 0.1) is 5.69 Å². The van der Waals surface area contributed by atoms with Gasteiger partial charge in [0.2, 0.25) is 0 Å². The summed E-state index contributed by atoms with van der Waals surface area (Å²) in [5, 5.41) is 5.39. The van der Waals surface area contributed by atoms with Crippen LogP contribution in [0.1, 0.15) is 17.2 Å². The molecule has 0 amide bonds. The fraction of sp³-hybridized carbons (Fsp3) is 0.308. The van der Waals surface area contributed by atoms with Crippen LogP contribution in [-0.4, -0.2) is 15.1 Å². The van der Waals surface area contributed by atoms with Crippen LogP contribution < -0.4 is 0 Å². The molecule has 2 aromatic rings. The van der Waals surface area contributed by atoms with Gasteiger partial charge >= 0.3 is 0 Å². The number of aryl methyl sites for hydroxylation is 1. The lowest BCUT2D eigenvalue weighted by Gasteiger charge is -2.12. The molecule has 1 unspecified atom stereocenters. The maximum Gasteiger partial charge on any atom is 0.0630 e. The van der Waals surface area contributed by atoms with E-state index in [9.17, 15) is 0 Å². The highest BCUT2D eigenvalue weighted by molar-refractivity contribution is 9.09. The van der Waals surface area contributed by atoms with Crippen molar-refractivity contribution in [1.82, 2.24) is 9.78 Å². The third-order valence-corrected chi connectivity index (χ3v) is 3.46. The fourth-order valence-electron chi connectivity index (χ4n) is 1.81. The van der Waals surface area contributed by atoms with Gasteiger partial charge in [0, 0.05) is 18.6 Å². The summed E-state index contributed by atoms with van der Waals surface area (Å²) in [6.07, 6.45) is 2.97. The number of hydrogen-bond acceptors (Lipinski definition) is 1. The third kappa shape index (κ3) is 2.73. The van der Waals surface area contributed by atoms with E-state index in [0.717, 1.165) is 17.4 Å². The van der Waals surface area contributed by atoms with Crippen molar-refractivity contribution < 1.29 is 0 Å². The molecule has 0 saturated heterocycles. The SMILES string of the molecule is Cn1ccc(CC(CBr)c2ccccc2)n1. The number of nitrogens with zero attached hydrogens (tertiary/aromatic N) is 2. The van der Waals surface area contributed by atoms with Crippen molar-refractivity contribution in [1.29, 1.82) is 0 Å². The largest absolute Gasteiger partial charge is 0.276 e. The Hall–Kier alpha value is -1.09. The van der Waals surface area contributed by atoms with Gasteiger partial charge in [0.1, 0.15) is 0 Å². The summed E-state index contributed by atoms with van der Waals surface area (Å²) in [6.45, 7) is 0. The molecule has 16 heavy (non-hydrogen) atoms. The lowest BCUT2D eigenvalue weighted by molar-refractivity contribution is 0.701. The highest BCUT2D eigenvalue weighted by atomic mass is 79.9. The molecule has 0 bridgehead atoms. The average Bonchev–Trinajstić information content (AvgIpc) is 2.73. The van der Waals surface area contributed by atoms with Crippen LogP contribution in [0.3, 0.4) is 0 Å². The lowest BCUT2D eigenvalue weighted by atomic mass is 9.96. The van der Waals surface area contributed by atoms with Crippen molar-refractivity contribution in [2.24, 2.45) is 7.05 Å². The second-order valence-corrected chi connectivity index (χ2v) is 4.59. The van der Waals surface area contributed by atoms with Crippen molar-refractivity contribution in [3.05, 3.63) is 53.9 Å². The van der Waals surface area contributed by atoms with Crippen LogP contribution in [-0.2, 0) is 13.5 Å². The molecular formula is C13H15BrN2. The molecule has 0 N–H and O–H groups in total. The number of rotatable bonds is 4. The molecular weight excluding hydrogens is 264 g/mol. The molecule has 1 aromatic heterocycles. The normalized spacial score (nSPS) is 12.6. The Morgan fingerprint density at radius 1 is 1.25 bits per heavy atom. The second kappa shape index (κ2) is 5.30. The van der Waals surface area contributed by atoms with E-state index in [4.69, 9.17) is 0 Å². The smallest absolute Gasteiger partial charge is 0.0630 e. The number of alkyl halides is 1. The first-order valence-corrected chi connectivity index (χ1v) is 6.51. The summed E-state index contributed by atoms with van der Waals surface area (Å²) in [5.74, 6) is 0.496. The van der Waals surface area contributed by atoms with Crippen LogP contribution in [0.25, 0.3) is 0 Å². The van der Waals surface area contributed by atoms with Gasteiger partial charge in [-0.2, -0.15) is 5.10 Å². The quantitative estimate of drug-likeness (QED) is 0.786. The summed E-state index contributed by atoms with van der Waals surface area (Å²) in [4.78, 5) is 0. The van der Waals surface area contributed by atoms with E-state index in [-0.39, 0.29) is 0 Å². The first kappa shape index (κ1) is 11.4. The topological polar surface area (TPSA) is 17.8 Å². The molecule has 84 valence electrons. The van der Waals surface area contributed by atoms with E-state index in [2.05, 4.69) is 57.4 Å². The van der Waals surface area contributed by atoms with Crippen molar-refractivity contribution in [3.8, 4) is 0 Å². The van der Waals surface area contributed by atoms with Crippen LogP contribution in [0, 0.1) is 0 Å². The van der Waals surface area contributed by atoms with Crippen molar-refractivity contribution >= 4 is 15.9 Å². The summed E-state index contributed by atoms with van der Waals surface area (Å²) in [5.41, 5.74) is 2.51. The lowest BCUT2D eigenvalue weighted by Crippen LogP contribution is -2.05. The standard InChI is InChI=1S/C13H15BrN2/c1-16-8-7-13(15-16)9-12(10-14)11-5-3-2-4-6-11/h2-8,12H,9-10H2,1H3. The van der Waals surface area contributed by atoms with Gasteiger partial charge in [0.25, 0.3) is 0 Å². The van der Waals surface area contributed by atoms with Crippen molar-refractivity contribution in [2.45, 2.75) is 12.3 Å². The van der Waals surface area contributed by atoms with Crippen LogP contribution in [0.5, 0.6) is 0 Å². The molecule has 2 nitrogen and oxygen atoms in total. The van der Waals surface area contributed by atoms with Gasteiger partial charge in [-0.1, -0.05) is 46.3 Å². The highest BCUT2D eigenvalue weighted by Crippen LogP contribution is 2.21. The number of hydrogen-bond donors (Lipinski definition) is 0. The van der Waals surface area contributed by atoms with Gasteiger partial charge in [-0.15, -0.1) is 0 Å². The summed E-state index contributed by atoms with van der Waals surface area (Å²) >= 11 is 3.58. The van der Waals surface area contributed by atoms with Crippen molar-refractivity contribution in [2.75, 3.05) is 5.33 Å². The van der Waals surface area contributed by atoms with E-state index in [1.54, 1.807) is 0 Å². The first-order valence-electron chi connectivity index (χ1n) is 5.39. The Labute approximate surface area is 104 Å². The van der Waals surface area contributed by atoms with E-state index < -0.39 is 0 Å².